The summed E-state index contributed by atoms with van der Waals surface area (Å²) in [6, 6.07) is 2.74. The van der Waals surface area contributed by atoms with Gasteiger partial charge in [-0.25, -0.2) is 9.55 Å². The van der Waals surface area contributed by atoms with E-state index in [0.29, 0.717) is 26.9 Å². The predicted octanol–water partition coefficient (Wildman–Crippen LogP) is 3.95. The minimum Gasteiger partial charge on any atom is -0.312 e. The lowest BCUT2D eigenvalue weighted by molar-refractivity contribution is -0.120. The number of Topliss-reactive ketones (excluding diaryl/α,β-unsaturated/α-hetero) is 1. The number of ketones is 1. The van der Waals surface area contributed by atoms with Crippen LogP contribution in [0.2, 0.25) is 5.02 Å². The van der Waals surface area contributed by atoms with Crippen LogP contribution in [0.15, 0.2) is 27.7 Å². The molecule has 1 heterocycles. The van der Waals surface area contributed by atoms with Gasteiger partial charge in [0.1, 0.15) is 0 Å². The second-order valence-corrected chi connectivity index (χ2v) is 9.47. The number of nitrogens with one attached hydrogen (secondary N) is 1. The minimum absolute atomic E-state index is 0.0502. The third-order valence-corrected chi connectivity index (χ3v) is 7.00. The van der Waals surface area contributed by atoms with Gasteiger partial charge in [0.25, 0.3) is 5.56 Å². The Hall–Kier alpha value is -1.13. The van der Waals surface area contributed by atoms with Gasteiger partial charge in [-0.3, -0.25) is 27.7 Å². The van der Waals surface area contributed by atoms with E-state index < -0.39 is 13.9 Å². The number of fused-ring (bicyclic) bond motifs is 1. The van der Waals surface area contributed by atoms with E-state index in [9.17, 15) is 14.2 Å². The number of hydrogen-bond donors (Lipinski definition) is 1. The molecule has 1 aromatic heterocycles. The molecule has 2 rings (SSSR count). The largest absolute Gasteiger partial charge is 0.474 e. The molecule has 9 nitrogen and oxygen atoms in total. The van der Waals surface area contributed by atoms with Crippen LogP contribution in [0.3, 0.4) is 0 Å². The number of benzene rings is 1. The van der Waals surface area contributed by atoms with Crippen molar-refractivity contribution in [3.05, 3.63) is 38.3 Å². The average Bonchev–Trinajstić information content (AvgIpc) is 2.71. The number of phosphoric ester groups is 1. The number of nitrogens with zero attached hydrogens (tertiary/aromatic N) is 2. The molecule has 0 aliphatic rings. The fourth-order valence-electron chi connectivity index (χ4n) is 2.88. The summed E-state index contributed by atoms with van der Waals surface area (Å²) in [6.45, 7) is 5.93. The molecule has 0 bridgehead atoms. The van der Waals surface area contributed by atoms with Gasteiger partial charge in [0, 0.05) is 16.9 Å². The van der Waals surface area contributed by atoms with Gasteiger partial charge in [0.15, 0.2) is 5.78 Å². The summed E-state index contributed by atoms with van der Waals surface area (Å²) in [5.41, 5.74) is 0.118. The van der Waals surface area contributed by atoms with Gasteiger partial charge < -0.3 is 5.32 Å². The molecule has 1 aromatic carbocycles. The van der Waals surface area contributed by atoms with Crippen LogP contribution in [0.4, 0.5) is 0 Å². The van der Waals surface area contributed by atoms with Crippen molar-refractivity contribution in [3.8, 4) is 0 Å². The molecule has 12 heteroatoms. The average molecular weight is 539 g/mol. The van der Waals surface area contributed by atoms with E-state index in [-0.39, 0.29) is 44.1 Å². The number of rotatable bonds is 13. The number of hydrogen-bond acceptors (Lipinski definition) is 8. The molecule has 1 unspecified atom stereocenters. The molecule has 2 aromatic rings. The monoisotopic (exact) mass is 537 g/mol. The lowest BCUT2D eigenvalue weighted by atomic mass is 10.1. The van der Waals surface area contributed by atoms with Crippen molar-refractivity contribution in [1.82, 2.24) is 14.9 Å². The smallest absolute Gasteiger partial charge is 0.312 e. The van der Waals surface area contributed by atoms with E-state index in [1.54, 1.807) is 19.9 Å². The molecule has 0 aliphatic heterocycles. The summed E-state index contributed by atoms with van der Waals surface area (Å²) >= 11 is 9.38. The highest BCUT2D eigenvalue weighted by molar-refractivity contribution is 9.10. The van der Waals surface area contributed by atoms with Crippen molar-refractivity contribution in [3.63, 3.8) is 0 Å². The van der Waals surface area contributed by atoms with Gasteiger partial charge in [0.05, 0.1) is 48.6 Å². The molecule has 1 atom stereocenters. The highest BCUT2D eigenvalue weighted by Gasteiger charge is 2.27. The SMILES string of the molecule is CCNC(COP(=O)(OCC)OCC)CC(=O)Cn1cnc2cc(Br)c(Cl)cc2c1=O. The van der Waals surface area contributed by atoms with E-state index >= 15 is 0 Å². The zero-order valence-corrected chi connectivity index (χ0v) is 20.8. The second kappa shape index (κ2) is 12.2. The van der Waals surface area contributed by atoms with Crippen LogP contribution in [-0.4, -0.2) is 47.7 Å². The number of carbonyl (C=O) groups excluding carboxylic acids is 1. The number of halogens is 2. The maximum Gasteiger partial charge on any atom is 0.474 e. The van der Waals surface area contributed by atoms with Gasteiger partial charge in [-0.15, -0.1) is 0 Å². The molecule has 0 aliphatic carbocycles. The number of carbonyl (C=O) groups is 1. The summed E-state index contributed by atoms with van der Waals surface area (Å²) < 4.78 is 29.9. The lowest BCUT2D eigenvalue weighted by Gasteiger charge is -2.21. The molecular formula is C19H26BrClN3O6P. The third kappa shape index (κ3) is 7.46. The van der Waals surface area contributed by atoms with Crippen molar-refractivity contribution < 1.29 is 22.9 Å². The maximum absolute atomic E-state index is 12.7. The number of aromatic nitrogens is 2. The Morgan fingerprint density at radius 3 is 2.55 bits per heavy atom. The van der Waals surface area contributed by atoms with Gasteiger partial charge in [0.2, 0.25) is 0 Å². The molecule has 1 N–H and O–H groups in total. The van der Waals surface area contributed by atoms with Crippen LogP contribution < -0.4 is 10.9 Å². The van der Waals surface area contributed by atoms with Crippen LogP contribution in [-0.2, 0) is 29.5 Å². The molecule has 0 spiro atoms. The fourth-order valence-corrected chi connectivity index (χ4v) is 4.60. The number of phosphoric acid groups is 1. The van der Waals surface area contributed by atoms with Crippen LogP contribution >= 0.6 is 35.4 Å². The zero-order valence-electron chi connectivity index (χ0n) is 17.6. The maximum atomic E-state index is 12.7. The van der Waals surface area contributed by atoms with Gasteiger partial charge in [-0.1, -0.05) is 18.5 Å². The molecule has 0 saturated heterocycles. The summed E-state index contributed by atoms with van der Waals surface area (Å²) in [4.78, 5) is 29.6. The molecule has 0 fully saturated rings. The molecule has 0 amide bonds. The Labute approximate surface area is 194 Å². The zero-order chi connectivity index (χ0) is 23.0. The first-order chi connectivity index (χ1) is 14.7. The standard InChI is InChI=1S/C19H26BrClN3O6P/c1-4-22-13(11-30-31(27,28-5-2)29-6-3)7-14(25)10-24-12-23-18-9-16(20)17(21)8-15(18)19(24)26/h8-9,12-13,22H,4-7,10-11H2,1-3H3. The van der Waals surface area contributed by atoms with Crippen LogP contribution in [0.5, 0.6) is 0 Å². The first-order valence-corrected chi connectivity index (χ1v) is 12.5. The van der Waals surface area contributed by atoms with Crippen LogP contribution in [0, 0.1) is 0 Å². The third-order valence-electron chi connectivity index (χ3n) is 4.19. The van der Waals surface area contributed by atoms with Crippen molar-refractivity contribution in [2.45, 2.75) is 39.8 Å². The predicted molar refractivity (Wildman–Crippen MR) is 123 cm³/mol. The summed E-state index contributed by atoms with van der Waals surface area (Å²) in [6.07, 6.45) is 1.39. The van der Waals surface area contributed by atoms with E-state index in [0.717, 1.165) is 0 Å². The highest BCUT2D eigenvalue weighted by Crippen LogP contribution is 2.49. The van der Waals surface area contributed by atoms with Crippen LogP contribution in [0.1, 0.15) is 27.2 Å². The summed E-state index contributed by atoms with van der Waals surface area (Å²) in [5, 5.41) is 3.82. The number of likely N-dealkylation sites (N-methyl/N-ethyl adjacent to an activating group) is 1. The van der Waals surface area contributed by atoms with Crippen molar-refractivity contribution in [2.24, 2.45) is 0 Å². The first-order valence-electron chi connectivity index (χ1n) is 9.85. The quantitative estimate of drug-likeness (QED) is 0.382. The second-order valence-electron chi connectivity index (χ2n) is 6.54. The lowest BCUT2D eigenvalue weighted by Crippen LogP contribution is -2.37. The summed E-state index contributed by atoms with van der Waals surface area (Å²) in [5.74, 6) is -0.219. The first kappa shape index (κ1) is 26.1. The summed E-state index contributed by atoms with van der Waals surface area (Å²) in [7, 11) is -3.68. The Kier molecular flexibility index (Phi) is 10.3. The van der Waals surface area contributed by atoms with E-state index in [1.807, 2.05) is 6.92 Å². The van der Waals surface area contributed by atoms with Crippen molar-refractivity contribution in [2.75, 3.05) is 26.4 Å². The van der Waals surface area contributed by atoms with Crippen molar-refractivity contribution in [1.29, 1.82) is 0 Å². The Morgan fingerprint density at radius 2 is 1.94 bits per heavy atom. The fraction of sp³-hybridized carbons (Fsp3) is 0.526. The van der Waals surface area contributed by atoms with E-state index in [1.165, 1.54) is 17.0 Å². The Morgan fingerprint density at radius 1 is 1.26 bits per heavy atom. The van der Waals surface area contributed by atoms with Crippen LogP contribution in [0.25, 0.3) is 10.9 Å². The molecule has 31 heavy (non-hydrogen) atoms. The topological polar surface area (TPSA) is 109 Å². The van der Waals surface area contributed by atoms with Gasteiger partial charge in [-0.05, 0) is 48.5 Å². The molecule has 172 valence electrons. The normalized spacial score (nSPS) is 12.9. The Bertz CT molecular complexity index is 1010. The van der Waals surface area contributed by atoms with Gasteiger partial charge >= 0.3 is 7.82 Å². The minimum atomic E-state index is -3.68. The molecule has 0 saturated carbocycles. The molecular weight excluding hydrogens is 513 g/mol. The van der Waals surface area contributed by atoms with E-state index in [4.69, 9.17) is 25.2 Å². The Balaban J connectivity index is 2.09. The highest BCUT2D eigenvalue weighted by atomic mass is 79.9. The van der Waals surface area contributed by atoms with Gasteiger partial charge in [-0.2, -0.15) is 0 Å². The van der Waals surface area contributed by atoms with E-state index in [2.05, 4.69) is 26.2 Å². The van der Waals surface area contributed by atoms with Crippen molar-refractivity contribution >= 4 is 52.0 Å². The molecule has 0 radical (unpaired) electrons.